The lowest BCUT2D eigenvalue weighted by molar-refractivity contribution is 0.0960. The molecule has 1 N–H and O–H groups in total. The molecule has 0 saturated heterocycles. The summed E-state index contributed by atoms with van der Waals surface area (Å²) in [5, 5.41) is 9.64. The van der Waals surface area contributed by atoms with Crippen LogP contribution in [0.3, 0.4) is 0 Å². The Labute approximate surface area is 62.4 Å². The van der Waals surface area contributed by atoms with Crippen LogP contribution < -0.4 is 0 Å². The fourth-order valence-electron chi connectivity index (χ4n) is 2.06. The highest BCUT2D eigenvalue weighted by molar-refractivity contribution is 5.14. The van der Waals surface area contributed by atoms with E-state index in [2.05, 4.69) is 13.8 Å². The second kappa shape index (κ2) is 1.76. The van der Waals surface area contributed by atoms with Crippen molar-refractivity contribution in [3.05, 3.63) is 0 Å². The van der Waals surface area contributed by atoms with Gasteiger partial charge in [-0.3, -0.25) is 0 Å². The van der Waals surface area contributed by atoms with Gasteiger partial charge in [-0.2, -0.15) is 0 Å². The molecule has 2 rings (SSSR count). The summed E-state index contributed by atoms with van der Waals surface area (Å²) in [6.07, 6.45) is 4.08. The van der Waals surface area contributed by atoms with Crippen LogP contribution in [0.25, 0.3) is 0 Å². The third kappa shape index (κ3) is 0.800. The van der Waals surface area contributed by atoms with Crippen LogP contribution in [0.4, 0.5) is 0 Å². The zero-order valence-corrected chi connectivity index (χ0v) is 6.80. The van der Waals surface area contributed by atoms with Gasteiger partial charge in [-0.15, -0.1) is 0 Å². The van der Waals surface area contributed by atoms with Crippen molar-refractivity contribution in [1.82, 2.24) is 0 Å². The number of rotatable bonds is 2. The number of aliphatic hydroxyl groups excluding tert-OH is 1. The van der Waals surface area contributed by atoms with Crippen LogP contribution in [0, 0.1) is 17.3 Å². The van der Waals surface area contributed by atoms with E-state index < -0.39 is 0 Å². The summed E-state index contributed by atoms with van der Waals surface area (Å²) in [5.74, 6) is 1.14. The molecule has 2 fully saturated rings. The van der Waals surface area contributed by atoms with E-state index in [9.17, 15) is 5.11 Å². The Bertz CT molecular complexity index is 147. The smallest absolute Gasteiger partial charge is 0.0596 e. The molecule has 0 aromatic carbocycles. The minimum atomic E-state index is -0.0116. The second-order valence-electron chi connectivity index (χ2n) is 4.41. The first-order valence-electron chi connectivity index (χ1n) is 4.34. The van der Waals surface area contributed by atoms with Gasteiger partial charge in [-0.1, -0.05) is 13.8 Å². The molecular weight excluding hydrogens is 124 g/mol. The third-order valence-electron chi connectivity index (χ3n) is 3.24. The summed E-state index contributed by atoms with van der Waals surface area (Å²) < 4.78 is 0. The van der Waals surface area contributed by atoms with Crippen LogP contribution in [0.5, 0.6) is 0 Å². The highest BCUT2D eigenvalue weighted by Crippen LogP contribution is 2.72. The van der Waals surface area contributed by atoms with Gasteiger partial charge < -0.3 is 5.11 Å². The van der Waals surface area contributed by atoms with Gasteiger partial charge >= 0.3 is 0 Å². The second-order valence-corrected chi connectivity index (χ2v) is 4.41. The van der Waals surface area contributed by atoms with Crippen LogP contribution in [-0.4, -0.2) is 11.2 Å². The van der Waals surface area contributed by atoms with Gasteiger partial charge in [0.05, 0.1) is 6.10 Å². The molecule has 1 nitrogen and oxygen atoms in total. The molecular formula is C9H16O. The molecule has 2 unspecified atom stereocenters. The first kappa shape index (κ1) is 6.66. The lowest BCUT2D eigenvalue weighted by Gasteiger charge is -2.13. The summed E-state index contributed by atoms with van der Waals surface area (Å²) in [6, 6.07) is 0. The summed E-state index contributed by atoms with van der Waals surface area (Å²) in [7, 11) is 0. The van der Waals surface area contributed by atoms with Gasteiger partial charge in [-0.25, -0.2) is 0 Å². The van der Waals surface area contributed by atoms with Crippen molar-refractivity contribution in [2.45, 2.75) is 39.2 Å². The van der Waals surface area contributed by atoms with E-state index in [-0.39, 0.29) is 6.10 Å². The van der Waals surface area contributed by atoms with Gasteiger partial charge in [0.15, 0.2) is 0 Å². The highest BCUT2D eigenvalue weighted by Gasteiger charge is 2.65. The average molecular weight is 140 g/mol. The zero-order valence-electron chi connectivity index (χ0n) is 6.80. The topological polar surface area (TPSA) is 20.2 Å². The van der Waals surface area contributed by atoms with E-state index in [4.69, 9.17) is 0 Å². The Hall–Kier alpha value is -0.0400. The van der Waals surface area contributed by atoms with E-state index in [0.717, 1.165) is 0 Å². The quantitative estimate of drug-likeness (QED) is 0.620. The summed E-state index contributed by atoms with van der Waals surface area (Å²) >= 11 is 0. The molecule has 1 spiro atoms. The summed E-state index contributed by atoms with van der Waals surface area (Å²) in [4.78, 5) is 0. The maximum Gasteiger partial charge on any atom is 0.0596 e. The van der Waals surface area contributed by atoms with Gasteiger partial charge in [-0.05, 0) is 36.5 Å². The Morgan fingerprint density at radius 3 is 2.30 bits per heavy atom. The Morgan fingerprint density at radius 1 is 1.40 bits per heavy atom. The molecule has 0 radical (unpaired) electrons. The Kier molecular flexibility index (Phi) is 1.17. The van der Waals surface area contributed by atoms with E-state index in [0.29, 0.717) is 17.3 Å². The van der Waals surface area contributed by atoms with E-state index >= 15 is 0 Å². The lowest BCUT2D eigenvalue weighted by atomic mass is 10.0. The van der Waals surface area contributed by atoms with Crippen molar-refractivity contribution in [2.24, 2.45) is 17.3 Å². The normalized spacial score (nSPS) is 36.6. The van der Waals surface area contributed by atoms with Crippen LogP contribution in [0.15, 0.2) is 0 Å². The van der Waals surface area contributed by atoms with Crippen LogP contribution in [0.1, 0.15) is 33.1 Å². The minimum absolute atomic E-state index is 0.0116. The standard InChI is InChI=1S/C9H16O/c1-6(2)8(10)7-5-9(7)3-4-9/h6-8,10H,3-5H2,1-2H3. The number of hydrogen-bond donors (Lipinski definition) is 1. The van der Waals surface area contributed by atoms with Crippen LogP contribution in [-0.2, 0) is 0 Å². The Morgan fingerprint density at radius 2 is 2.00 bits per heavy atom. The molecule has 2 aliphatic carbocycles. The third-order valence-corrected chi connectivity index (χ3v) is 3.24. The predicted molar refractivity (Wildman–Crippen MR) is 40.6 cm³/mol. The summed E-state index contributed by atoms with van der Waals surface area (Å²) in [5.41, 5.74) is 0.670. The largest absolute Gasteiger partial charge is 0.393 e. The maximum atomic E-state index is 9.64. The first-order valence-corrected chi connectivity index (χ1v) is 4.34. The maximum absolute atomic E-state index is 9.64. The van der Waals surface area contributed by atoms with Crippen molar-refractivity contribution in [2.75, 3.05) is 0 Å². The molecule has 0 amide bonds. The van der Waals surface area contributed by atoms with E-state index in [1.165, 1.54) is 19.3 Å². The molecule has 0 aromatic rings. The van der Waals surface area contributed by atoms with Gasteiger partial charge in [0.2, 0.25) is 0 Å². The van der Waals surface area contributed by atoms with Crippen molar-refractivity contribution in [1.29, 1.82) is 0 Å². The van der Waals surface area contributed by atoms with Crippen molar-refractivity contribution >= 4 is 0 Å². The monoisotopic (exact) mass is 140 g/mol. The van der Waals surface area contributed by atoms with Crippen molar-refractivity contribution in [3.8, 4) is 0 Å². The summed E-state index contributed by atoms with van der Waals surface area (Å²) in [6.45, 7) is 4.22. The van der Waals surface area contributed by atoms with E-state index in [1.807, 2.05) is 0 Å². The van der Waals surface area contributed by atoms with Crippen molar-refractivity contribution in [3.63, 3.8) is 0 Å². The molecule has 0 bridgehead atoms. The molecule has 0 aliphatic heterocycles. The molecule has 2 atom stereocenters. The molecule has 2 saturated carbocycles. The molecule has 0 heterocycles. The molecule has 1 heteroatoms. The highest BCUT2D eigenvalue weighted by atomic mass is 16.3. The van der Waals surface area contributed by atoms with Gasteiger partial charge in [0.1, 0.15) is 0 Å². The van der Waals surface area contributed by atoms with Crippen molar-refractivity contribution < 1.29 is 5.11 Å². The minimum Gasteiger partial charge on any atom is -0.393 e. The first-order chi connectivity index (χ1) is 4.66. The lowest BCUT2D eigenvalue weighted by Crippen LogP contribution is -2.18. The molecule has 58 valence electrons. The zero-order chi connectivity index (χ0) is 7.35. The predicted octanol–water partition coefficient (Wildman–Crippen LogP) is 1.80. The average Bonchev–Trinajstić information content (AvgIpc) is 2.73. The van der Waals surface area contributed by atoms with Gasteiger partial charge in [0.25, 0.3) is 0 Å². The SMILES string of the molecule is CC(C)C(O)C1CC12CC2. The van der Waals surface area contributed by atoms with E-state index in [1.54, 1.807) is 0 Å². The molecule has 2 aliphatic rings. The number of aliphatic hydroxyl groups is 1. The fraction of sp³-hybridized carbons (Fsp3) is 1.00. The number of hydrogen-bond acceptors (Lipinski definition) is 1. The molecule has 0 aromatic heterocycles. The molecule has 10 heavy (non-hydrogen) atoms. The van der Waals surface area contributed by atoms with Gasteiger partial charge in [0, 0.05) is 0 Å². The fourth-order valence-corrected chi connectivity index (χ4v) is 2.06. The Balaban J connectivity index is 1.90. The van der Waals surface area contributed by atoms with Crippen LogP contribution >= 0.6 is 0 Å². The van der Waals surface area contributed by atoms with Crippen LogP contribution in [0.2, 0.25) is 0 Å².